The molecular weight excluding hydrogens is 238 g/mol. The van der Waals surface area contributed by atoms with Crippen molar-refractivity contribution in [3.05, 3.63) is 0 Å². The Morgan fingerprint density at radius 2 is 2.28 bits per heavy atom. The van der Waals surface area contributed by atoms with Crippen molar-refractivity contribution >= 4 is 12.0 Å². The second-order valence-electron chi connectivity index (χ2n) is 4.34. The highest BCUT2D eigenvalue weighted by Crippen LogP contribution is 2.10. The lowest BCUT2D eigenvalue weighted by Gasteiger charge is -2.34. The van der Waals surface area contributed by atoms with Crippen molar-refractivity contribution < 1.29 is 19.4 Å². The number of nitrogens with zero attached hydrogens (tertiary/aromatic N) is 2. The smallest absolute Gasteiger partial charge is 0.319 e. The Labute approximate surface area is 107 Å². The number of likely N-dealkylation sites (N-methyl/N-ethyl adjacent to an activating group) is 2. The number of aliphatic carboxylic acids is 1. The molecule has 104 valence electrons. The molecule has 0 bridgehead atoms. The van der Waals surface area contributed by atoms with Gasteiger partial charge in [-0.15, -0.1) is 0 Å². The molecule has 0 saturated carbocycles. The lowest BCUT2D eigenvalue weighted by atomic mass is 10.2. The van der Waals surface area contributed by atoms with Crippen LogP contribution in [0.1, 0.15) is 6.42 Å². The summed E-state index contributed by atoms with van der Waals surface area (Å²) in [5, 5.41) is 11.7. The predicted molar refractivity (Wildman–Crippen MR) is 65.5 cm³/mol. The van der Waals surface area contributed by atoms with E-state index in [0.717, 1.165) is 6.54 Å². The zero-order valence-electron chi connectivity index (χ0n) is 10.9. The number of urea groups is 1. The number of amides is 2. The van der Waals surface area contributed by atoms with Crippen LogP contribution in [0.15, 0.2) is 0 Å². The molecule has 1 aliphatic rings. The molecule has 1 atom stereocenters. The van der Waals surface area contributed by atoms with Gasteiger partial charge in [0.1, 0.15) is 0 Å². The summed E-state index contributed by atoms with van der Waals surface area (Å²) >= 11 is 0. The van der Waals surface area contributed by atoms with Crippen LogP contribution in [-0.4, -0.2) is 79.9 Å². The number of carboxylic acid groups (broad SMARTS) is 1. The van der Waals surface area contributed by atoms with Crippen LogP contribution in [0.25, 0.3) is 0 Å². The van der Waals surface area contributed by atoms with Crippen molar-refractivity contribution in [2.24, 2.45) is 0 Å². The summed E-state index contributed by atoms with van der Waals surface area (Å²) in [5.41, 5.74) is 0. The molecule has 0 aromatic carbocycles. The third kappa shape index (κ3) is 4.50. The third-order valence-corrected chi connectivity index (χ3v) is 2.84. The van der Waals surface area contributed by atoms with E-state index in [0.29, 0.717) is 26.2 Å². The van der Waals surface area contributed by atoms with Gasteiger partial charge in [0, 0.05) is 33.2 Å². The maximum atomic E-state index is 12.1. The lowest BCUT2D eigenvalue weighted by Crippen LogP contribution is -2.51. The Balaban J connectivity index is 2.44. The molecule has 0 aromatic heterocycles. The van der Waals surface area contributed by atoms with Crippen molar-refractivity contribution in [3.63, 3.8) is 0 Å². The highest BCUT2D eigenvalue weighted by Gasteiger charge is 2.27. The Morgan fingerprint density at radius 1 is 1.56 bits per heavy atom. The third-order valence-electron chi connectivity index (χ3n) is 2.84. The molecule has 1 rings (SSSR count). The van der Waals surface area contributed by atoms with Crippen LogP contribution in [0.2, 0.25) is 0 Å². The van der Waals surface area contributed by atoms with Gasteiger partial charge in [0.2, 0.25) is 0 Å². The van der Waals surface area contributed by atoms with Crippen LogP contribution in [-0.2, 0) is 9.53 Å². The largest absolute Gasteiger partial charge is 0.481 e. The Hall–Kier alpha value is -1.34. The van der Waals surface area contributed by atoms with E-state index in [1.807, 2.05) is 7.05 Å². The van der Waals surface area contributed by atoms with Crippen LogP contribution >= 0.6 is 0 Å². The molecule has 0 spiro atoms. The van der Waals surface area contributed by atoms with Crippen LogP contribution in [0.5, 0.6) is 0 Å². The number of carbonyl (C=O) groups excluding carboxylic acids is 1. The van der Waals surface area contributed by atoms with Crippen molar-refractivity contribution in [2.45, 2.75) is 12.5 Å². The van der Waals surface area contributed by atoms with Crippen LogP contribution in [0.4, 0.5) is 4.79 Å². The van der Waals surface area contributed by atoms with Crippen molar-refractivity contribution in [1.82, 2.24) is 15.1 Å². The van der Waals surface area contributed by atoms with E-state index in [2.05, 4.69) is 5.32 Å². The molecule has 0 radical (unpaired) electrons. The number of hydrogen-bond acceptors (Lipinski definition) is 4. The van der Waals surface area contributed by atoms with Crippen molar-refractivity contribution in [2.75, 3.05) is 46.9 Å². The fourth-order valence-corrected chi connectivity index (χ4v) is 1.83. The van der Waals surface area contributed by atoms with Gasteiger partial charge in [-0.3, -0.25) is 4.79 Å². The molecule has 7 heteroatoms. The number of ether oxygens (including phenoxy) is 1. The molecule has 1 heterocycles. The minimum absolute atomic E-state index is 0.0655. The van der Waals surface area contributed by atoms with Crippen LogP contribution in [0.3, 0.4) is 0 Å². The summed E-state index contributed by atoms with van der Waals surface area (Å²) in [6.07, 6.45) is -0.470. The molecular formula is C11H21N3O4. The highest BCUT2D eigenvalue weighted by molar-refractivity contribution is 5.74. The number of hydrogen-bond donors (Lipinski definition) is 2. The fraction of sp³-hybridized carbons (Fsp3) is 0.818. The summed E-state index contributed by atoms with van der Waals surface area (Å²) < 4.78 is 5.32. The average molecular weight is 259 g/mol. The number of nitrogens with one attached hydrogen (secondary N) is 1. The van der Waals surface area contributed by atoms with E-state index in [9.17, 15) is 9.59 Å². The molecule has 0 aliphatic carbocycles. The van der Waals surface area contributed by atoms with Gasteiger partial charge in [-0.2, -0.15) is 0 Å². The van der Waals surface area contributed by atoms with Gasteiger partial charge in [-0.1, -0.05) is 0 Å². The first-order valence-electron chi connectivity index (χ1n) is 6.02. The Bertz CT molecular complexity index is 298. The number of morpholine rings is 1. The van der Waals surface area contributed by atoms with Crippen LogP contribution in [0, 0.1) is 0 Å². The van der Waals surface area contributed by atoms with Crippen LogP contribution < -0.4 is 5.32 Å². The second kappa shape index (κ2) is 7.17. The van der Waals surface area contributed by atoms with Gasteiger partial charge in [0.25, 0.3) is 0 Å². The van der Waals surface area contributed by atoms with Gasteiger partial charge in [-0.05, 0) is 7.05 Å². The zero-order valence-corrected chi connectivity index (χ0v) is 10.9. The minimum atomic E-state index is -0.905. The first kappa shape index (κ1) is 14.7. The molecule has 1 fully saturated rings. The maximum absolute atomic E-state index is 12.1. The predicted octanol–water partition coefficient (Wildman–Crippen LogP) is -0.567. The zero-order chi connectivity index (χ0) is 13.5. The van der Waals surface area contributed by atoms with E-state index in [4.69, 9.17) is 9.84 Å². The minimum Gasteiger partial charge on any atom is -0.481 e. The van der Waals surface area contributed by atoms with Gasteiger partial charge < -0.3 is 25.0 Å². The van der Waals surface area contributed by atoms with Gasteiger partial charge in [-0.25, -0.2) is 4.79 Å². The molecule has 1 saturated heterocycles. The van der Waals surface area contributed by atoms with E-state index >= 15 is 0 Å². The second-order valence-corrected chi connectivity index (χ2v) is 4.34. The summed E-state index contributed by atoms with van der Waals surface area (Å²) in [5.74, 6) is -0.905. The number of carbonyl (C=O) groups is 2. The average Bonchev–Trinajstić information content (AvgIpc) is 2.34. The summed E-state index contributed by atoms with van der Waals surface area (Å²) in [6.45, 7) is 2.60. The standard InChI is InChI=1S/C11H21N3O4/c1-12-3-4-13(2)11(17)14-5-6-18-9(8-14)7-10(15)16/h9,12H,3-8H2,1-2H3,(H,15,16). The molecule has 7 nitrogen and oxygen atoms in total. The summed E-state index contributed by atoms with van der Waals surface area (Å²) in [6, 6.07) is -0.0797. The van der Waals surface area contributed by atoms with Crippen molar-refractivity contribution in [3.8, 4) is 0 Å². The van der Waals surface area contributed by atoms with E-state index in [1.165, 1.54) is 0 Å². The molecule has 2 amide bonds. The highest BCUT2D eigenvalue weighted by atomic mass is 16.5. The molecule has 2 N–H and O–H groups in total. The number of rotatable bonds is 5. The topological polar surface area (TPSA) is 82.1 Å². The lowest BCUT2D eigenvalue weighted by molar-refractivity contribution is -0.141. The molecule has 1 aliphatic heterocycles. The molecule has 1 unspecified atom stereocenters. The SMILES string of the molecule is CNCCN(C)C(=O)N1CCOC(CC(=O)O)C1. The monoisotopic (exact) mass is 259 g/mol. The maximum Gasteiger partial charge on any atom is 0.319 e. The molecule has 18 heavy (non-hydrogen) atoms. The first-order chi connectivity index (χ1) is 8.54. The number of carboxylic acids is 1. The van der Waals surface area contributed by atoms with Gasteiger partial charge >= 0.3 is 12.0 Å². The molecule has 0 aromatic rings. The van der Waals surface area contributed by atoms with Crippen molar-refractivity contribution in [1.29, 1.82) is 0 Å². The Kier molecular flexibility index (Phi) is 5.87. The van der Waals surface area contributed by atoms with E-state index in [1.54, 1.807) is 16.8 Å². The fourth-order valence-electron chi connectivity index (χ4n) is 1.83. The normalized spacial score (nSPS) is 19.7. The summed E-state index contributed by atoms with van der Waals surface area (Å²) in [4.78, 5) is 25.9. The first-order valence-corrected chi connectivity index (χ1v) is 6.02. The van der Waals surface area contributed by atoms with Gasteiger partial charge in [0.15, 0.2) is 0 Å². The van der Waals surface area contributed by atoms with E-state index in [-0.39, 0.29) is 12.5 Å². The Morgan fingerprint density at radius 3 is 2.89 bits per heavy atom. The van der Waals surface area contributed by atoms with E-state index < -0.39 is 12.1 Å². The quantitative estimate of drug-likeness (QED) is 0.691. The summed E-state index contributed by atoms with van der Waals surface area (Å²) in [7, 11) is 3.57. The van der Waals surface area contributed by atoms with Gasteiger partial charge in [0.05, 0.1) is 19.1 Å².